The van der Waals surface area contributed by atoms with Crippen LogP contribution in [-0.2, 0) is 6.54 Å². The van der Waals surface area contributed by atoms with Crippen LogP contribution >= 0.6 is 0 Å². The predicted molar refractivity (Wildman–Crippen MR) is 99.2 cm³/mol. The summed E-state index contributed by atoms with van der Waals surface area (Å²) < 4.78 is 5.65. The number of ether oxygens (including phenoxy) is 1. The Labute approximate surface area is 156 Å². The number of carbonyl (C=O) groups is 1. The minimum Gasteiger partial charge on any atom is -0.491 e. The molecular weight excluding hydrogens is 346 g/mol. The number of rotatable bonds is 7. The van der Waals surface area contributed by atoms with E-state index >= 15 is 0 Å². The number of benzene rings is 2. The molecule has 2 aromatic carbocycles. The van der Waals surface area contributed by atoms with Gasteiger partial charge in [0.15, 0.2) is 0 Å². The molecule has 0 fully saturated rings. The minimum atomic E-state index is -0.787. The van der Waals surface area contributed by atoms with Crippen LogP contribution in [0.15, 0.2) is 42.5 Å². The number of aromatic nitrogens is 4. The second-order valence-electron chi connectivity index (χ2n) is 6.40. The van der Waals surface area contributed by atoms with Crippen LogP contribution in [0.25, 0.3) is 11.4 Å². The van der Waals surface area contributed by atoms with Gasteiger partial charge in [-0.15, -0.1) is 10.2 Å². The summed E-state index contributed by atoms with van der Waals surface area (Å²) in [5.41, 5.74) is 8.53. The van der Waals surface area contributed by atoms with Crippen LogP contribution in [0.3, 0.4) is 0 Å². The van der Waals surface area contributed by atoms with E-state index in [4.69, 9.17) is 10.5 Å². The number of aryl methyl sites for hydroxylation is 2. The maximum absolute atomic E-state index is 11.1. The van der Waals surface area contributed by atoms with E-state index in [9.17, 15) is 9.90 Å². The third-order valence-corrected chi connectivity index (χ3v) is 3.89. The topological polar surface area (TPSA) is 116 Å². The van der Waals surface area contributed by atoms with Gasteiger partial charge < -0.3 is 15.6 Å². The first-order valence-corrected chi connectivity index (χ1v) is 8.48. The van der Waals surface area contributed by atoms with E-state index in [0.717, 1.165) is 11.1 Å². The number of aliphatic hydroxyl groups is 1. The Morgan fingerprint density at radius 1 is 1.19 bits per heavy atom. The van der Waals surface area contributed by atoms with Gasteiger partial charge in [-0.2, -0.15) is 4.80 Å². The summed E-state index contributed by atoms with van der Waals surface area (Å²) in [6, 6.07) is 12.5. The van der Waals surface area contributed by atoms with Gasteiger partial charge in [-0.05, 0) is 54.5 Å². The molecule has 3 rings (SSSR count). The molecule has 0 unspecified atom stereocenters. The van der Waals surface area contributed by atoms with Crippen molar-refractivity contribution in [2.75, 3.05) is 6.61 Å². The zero-order valence-corrected chi connectivity index (χ0v) is 15.2. The van der Waals surface area contributed by atoms with E-state index in [1.807, 2.05) is 26.0 Å². The maximum atomic E-state index is 11.1. The van der Waals surface area contributed by atoms with Gasteiger partial charge in [0, 0.05) is 11.1 Å². The van der Waals surface area contributed by atoms with Crippen molar-refractivity contribution in [3.63, 3.8) is 0 Å². The normalized spacial score (nSPS) is 12.0. The number of nitrogens with zero attached hydrogens (tertiary/aromatic N) is 4. The molecule has 0 spiro atoms. The smallest absolute Gasteiger partial charge is 0.248 e. The van der Waals surface area contributed by atoms with E-state index in [0.29, 0.717) is 22.7 Å². The number of aliphatic hydroxyl groups excluding tert-OH is 1. The number of carbonyl (C=O) groups excluding carboxylic acids is 1. The van der Waals surface area contributed by atoms with Gasteiger partial charge >= 0.3 is 0 Å². The van der Waals surface area contributed by atoms with Crippen LogP contribution < -0.4 is 10.5 Å². The van der Waals surface area contributed by atoms with Crippen molar-refractivity contribution >= 4 is 5.91 Å². The molecule has 1 atom stereocenters. The Kier molecular flexibility index (Phi) is 5.46. The number of amides is 1. The van der Waals surface area contributed by atoms with Crippen LogP contribution in [0.5, 0.6) is 5.75 Å². The van der Waals surface area contributed by atoms with Crippen molar-refractivity contribution in [3.8, 4) is 17.1 Å². The highest BCUT2D eigenvalue weighted by Gasteiger charge is 2.12. The summed E-state index contributed by atoms with van der Waals surface area (Å²) in [6.45, 7) is 4.25. The first-order chi connectivity index (χ1) is 12.9. The fourth-order valence-corrected chi connectivity index (χ4v) is 2.67. The third-order valence-electron chi connectivity index (χ3n) is 3.89. The van der Waals surface area contributed by atoms with E-state index < -0.39 is 12.0 Å². The van der Waals surface area contributed by atoms with E-state index in [1.54, 1.807) is 24.3 Å². The summed E-state index contributed by atoms with van der Waals surface area (Å²) in [4.78, 5) is 12.4. The molecule has 8 heteroatoms. The van der Waals surface area contributed by atoms with Gasteiger partial charge in [0.25, 0.3) is 0 Å². The lowest BCUT2D eigenvalue weighted by Crippen LogP contribution is -2.25. The Hall–Kier alpha value is -3.26. The Morgan fingerprint density at radius 3 is 2.48 bits per heavy atom. The van der Waals surface area contributed by atoms with Crippen molar-refractivity contribution in [1.82, 2.24) is 20.2 Å². The van der Waals surface area contributed by atoms with Crippen LogP contribution in [0.4, 0.5) is 0 Å². The second kappa shape index (κ2) is 7.96. The molecule has 8 nitrogen and oxygen atoms in total. The molecule has 3 aromatic rings. The predicted octanol–water partition coefficient (Wildman–Crippen LogP) is 1.50. The van der Waals surface area contributed by atoms with Crippen molar-refractivity contribution in [3.05, 3.63) is 59.2 Å². The number of hydrogen-bond donors (Lipinski definition) is 2. The number of hydrogen-bond acceptors (Lipinski definition) is 6. The molecular formula is C19H21N5O3. The Bertz CT molecular complexity index is 917. The minimum absolute atomic E-state index is 0.118. The maximum Gasteiger partial charge on any atom is 0.248 e. The monoisotopic (exact) mass is 367 g/mol. The van der Waals surface area contributed by atoms with Crippen LogP contribution in [0.1, 0.15) is 21.5 Å². The van der Waals surface area contributed by atoms with Gasteiger partial charge in [0.1, 0.15) is 18.5 Å². The fraction of sp³-hybridized carbons (Fsp3) is 0.263. The molecule has 1 heterocycles. The molecule has 0 saturated carbocycles. The molecule has 0 aliphatic heterocycles. The Morgan fingerprint density at radius 2 is 1.85 bits per heavy atom. The zero-order chi connectivity index (χ0) is 19.4. The van der Waals surface area contributed by atoms with Crippen LogP contribution in [0, 0.1) is 13.8 Å². The molecule has 1 amide bonds. The van der Waals surface area contributed by atoms with Gasteiger partial charge in [-0.25, -0.2) is 0 Å². The lowest BCUT2D eigenvalue weighted by molar-refractivity contribution is 0.0849. The first-order valence-electron chi connectivity index (χ1n) is 8.48. The molecule has 3 N–H and O–H groups in total. The summed E-state index contributed by atoms with van der Waals surface area (Å²) in [6.07, 6.45) is -0.787. The van der Waals surface area contributed by atoms with E-state index in [1.165, 1.54) is 4.80 Å². The average Bonchev–Trinajstić information content (AvgIpc) is 3.07. The zero-order valence-electron chi connectivity index (χ0n) is 15.2. The van der Waals surface area contributed by atoms with Crippen LogP contribution in [0.2, 0.25) is 0 Å². The quantitative estimate of drug-likeness (QED) is 0.654. The highest BCUT2D eigenvalue weighted by molar-refractivity contribution is 5.93. The fourth-order valence-electron chi connectivity index (χ4n) is 2.67. The summed E-state index contributed by atoms with van der Waals surface area (Å²) >= 11 is 0. The van der Waals surface area contributed by atoms with E-state index in [2.05, 4.69) is 21.5 Å². The third kappa shape index (κ3) is 4.89. The van der Waals surface area contributed by atoms with Crippen molar-refractivity contribution in [2.24, 2.45) is 5.73 Å². The molecule has 27 heavy (non-hydrogen) atoms. The summed E-state index contributed by atoms with van der Waals surface area (Å²) in [7, 11) is 0. The van der Waals surface area contributed by atoms with Gasteiger partial charge in [-0.1, -0.05) is 18.2 Å². The second-order valence-corrected chi connectivity index (χ2v) is 6.40. The Balaban J connectivity index is 1.58. The van der Waals surface area contributed by atoms with Crippen molar-refractivity contribution in [2.45, 2.75) is 26.5 Å². The van der Waals surface area contributed by atoms with E-state index in [-0.39, 0.29) is 13.2 Å². The highest BCUT2D eigenvalue weighted by atomic mass is 16.5. The molecule has 140 valence electrons. The lowest BCUT2D eigenvalue weighted by atomic mass is 10.1. The van der Waals surface area contributed by atoms with Crippen LogP contribution in [-0.4, -0.2) is 43.9 Å². The number of tetrazole rings is 1. The van der Waals surface area contributed by atoms with Crippen molar-refractivity contribution < 1.29 is 14.6 Å². The van der Waals surface area contributed by atoms with Gasteiger partial charge in [-0.3, -0.25) is 4.79 Å². The van der Waals surface area contributed by atoms with Gasteiger partial charge in [0.05, 0.1) is 6.54 Å². The van der Waals surface area contributed by atoms with Gasteiger partial charge in [0.2, 0.25) is 11.7 Å². The summed E-state index contributed by atoms with van der Waals surface area (Å²) in [5, 5.41) is 22.3. The molecule has 0 aliphatic carbocycles. The molecule has 0 bridgehead atoms. The molecule has 0 aliphatic rings. The van der Waals surface area contributed by atoms with Crippen molar-refractivity contribution in [1.29, 1.82) is 0 Å². The first kappa shape index (κ1) is 18.5. The SMILES string of the molecule is Cc1cc(C)cc(OC[C@H](O)Cn2nnc(-c3ccc(C(N)=O)cc3)n2)c1. The largest absolute Gasteiger partial charge is 0.491 e. The standard InChI is InChI=1S/C19H21N5O3/c1-12-7-13(2)9-17(8-12)27-11-16(25)10-24-22-19(21-23-24)15-5-3-14(4-6-15)18(20)26/h3-9,16,25H,10-11H2,1-2H3,(H2,20,26)/t16-/m1/s1. The average molecular weight is 367 g/mol. The number of nitrogens with two attached hydrogens (primary N) is 1. The summed E-state index contributed by atoms with van der Waals surface area (Å²) in [5.74, 6) is 0.617. The highest BCUT2D eigenvalue weighted by Crippen LogP contribution is 2.17. The molecule has 1 aromatic heterocycles. The molecule has 0 saturated heterocycles. The lowest BCUT2D eigenvalue weighted by Gasteiger charge is -2.12. The molecule has 0 radical (unpaired) electrons. The number of primary amides is 1.